The lowest BCUT2D eigenvalue weighted by molar-refractivity contribution is -0.119. The summed E-state index contributed by atoms with van der Waals surface area (Å²) in [7, 11) is -3.87. The number of nitrogens with zero attached hydrogens (tertiary/aromatic N) is 2. The Bertz CT molecular complexity index is 935. The maximum absolute atomic E-state index is 13.1. The second kappa shape index (κ2) is 7.02. The van der Waals surface area contributed by atoms with Gasteiger partial charge >= 0.3 is 0 Å². The van der Waals surface area contributed by atoms with Crippen LogP contribution in [0.5, 0.6) is 0 Å². The van der Waals surface area contributed by atoms with Crippen molar-refractivity contribution in [3.63, 3.8) is 0 Å². The molecule has 140 valence electrons. The van der Waals surface area contributed by atoms with Crippen molar-refractivity contribution in [2.45, 2.75) is 44.6 Å². The van der Waals surface area contributed by atoms with Gasteiger partial charge in [-0.15, -0.1) is 0 Å². The van der Waals surface area contributed by atoms with Gasteiger partial charge in [-0.05, 0) is 51.3 Å². The third kappa shape index (κ3) is 3.24. The zero-order valence-electron chi connectivity index (χ0n) is 14.7. The monoisotopic (exact) mass is 397 g/mol. The number of hydrogen-bond donors (Lipinski definition) is 1. The number of aryl methyl sites for hydroxylation is 2. The van der Waals surface area contributed by atoms with Crippen molar-refractivity contribution in [2.24, 2.45) is 0 Å². The molecule has 26 heavy (non-hydrogen) atoms. The number of aromatic nitrogens is 1. The van der Waals surface area contributed by atoms with E-state index >= 15 is 0 Å². The van der Waals surface area contributed by atoms with Crippen LogP contribution in [0, 0.1) is 20.8 Å². The lowest BCUT2D eigenvalue weighted by Gasteiger charge is -2.23. The number of carbonyl (C=O) groups excluding carboxylic acids is 1. The number of anilines is 1. The fraction of sp³-hybridized carbons (Fsp3) is 0.412. The summed E-state index contributed by atoms with van der Waals surface area (Å²) in [6.07, 6.45) is 1.06. The molecule has 7 nitrogen and oxygen atoms in total. The fourth-order valence-electron chi connectivity index (χ4n) is 3.21. The molecule has 1 aromatic heterocycles. The SMILES string of the molecule is Cc1noc(C)c1S(=O)(=O)N1CCCC1C(=O)Nc1cccc(Cl)c1C. The number of amides is 1. The normalized spacial score (nSPS) is 18.2. The van der Waals surface area contributed by atoms with E-state index in [4.69, 9.17) is 16.1 Å². The van der Waals surface area contributed by atoms with Crippen LogP contribution in [0.2, 0.25) is 5.02 Å². The number of nitrogens with one attached hydrogen (secondary N) is 1. The van der Waals surface area contributed by atoms with E-state index in [2.05, 4.69) is 10.5 Å². The largest absolute Gasteiger partial charge is 0.360 e. The average molecular weight is 398 g/mol. The Hall–Kier alpha value is -1.90. The molecule has 1 unspecified atom stereocenters. The van der Waals surface area contributed by atoms with Gasteiger partial charge < -0.3 is 9.84 Å². The molecule has 0 saturated carbocycles. The first-order chi connectivity index (χ1) is 12.2. The summed E-state index contributed by atoms with van der Waals surface area (Å²) in [5.41, 5.74) is 1.60. The minimum absolute atomic E-state index is 0.0381. The Morgan fingerprint density at radius 1 is 1.35 bits per heavy atom. The molecule has 1 saturated heterocycles. The van der Waals surface area contributed by atoms with E-state index in [0.29, 0.717) is 29.2 Å². The Morgan fingerprint density at radius 2 is 2.08 bits per heavy atom. The highest BCUT2D eigenvalue weighted by Gasteiger charge is 2.42. The van der Waals surface area contributed by atoms with Gasteiger partial charge in [-0.25, -0.2) is 8.42 Å². The third-order valence-electron chi connectivity index (χ3n) is 4.57. The van der Waals surface area contributed by atoms with Crippen LogP contribution in [0.25, 0.3) is 0 Å². The van der Waals surface area contributed by atoms with Crippen LogP contribution >= 0.6 is 11.6 Å². The number of sulfonamides is 1. The topological polar surface area (TPSA) is 92.5 Å². The van der Waals surface area contributed by atoms with E-state index in [-0.39, 0.29) is 23.1 Å². The van der Waals surface area contributed by atoms with Crippen molar-refractivity contribution in [3.05, 3.63) is 40.2 Å². The quantitative estimate of drug-likeness (QED) is 0.855. The summed E-state index contributed by atoms with van der Waals surface area (Å²) in [6.45, 7) is 5.20. The molecule has 0 aliphatic carbocycles. The van der Waals surface area contributed by atoms with Gasteiger partial charge in [0, 0.05) is 17.3 Å². The Kier molecular flexibility index (Phi) is 5.09. The lowest BCUT2D eigenvalue weighted by atomic mass is 10.1. The van der Waals surface area contributed by atoms with E-state index in [1.54, 1.807) is 39.0 Å². The molecular formula is C17H20ClN3O4S. The van der Waals surface area contributed by atoms with Crippen molar-refractivity contribution in [3.8, 4) is 0 Å². The third-order valence-corrected chi connectivity index (χ3v) is 7.13. The van der Waals surface area contributed by atoms with Gasteiger partial charge in [0.1, 0.15) is 16.6 Å². The van der Waals surface area contributed by atoms with Crippen molar-refractivity contribution in [1.82, 2.24) is 9.46 Å². The molecule has 1 fully saturated rings. The predicted molar refractivity (Wildman–Crippen MR) is 97.7 cm³/mol. The molecular weight excluding hydrogens is 378 g/mol. The van der Waals surface area contributed by atoms with Gasteiger partial charge in [0.25, 0.3) is 0 Å². The molecule has 1 atom stereocenters. The Morgan fingerprint density at radius 3 is 2.73 bits per heavy atom. The smallest absolute Gasteiger partial charge is 0.249 e. The highest BCUT2D eigenvalue weighted by molar-refractivity contribution is 7.89. The molecule has 0 bridgehead atoms. The summed E-state index contributed by atoms with van der Waals surface area (Å²) >= 11 is 6.09. The second-order valence-corrected chi connectivity index (χ2v) is 8.56. The molecule has 1 aliphatic heterocycles. The van der Waals surface area contributed by atoms with Crippen LogP contribution < -0.4 is 5.32 Å². The van der Waals surface area contributed by atoms with Crippen molar-refractivity contribution in [1.29, 1.82) is 0 Å². The van der Waals surface area contributed by atoms with Crippen molar-refractivity contribution >= 4 is 33.2 Å². The van der Waals surface area contributed by atoms with Gasteiger partial charge in [-0.1, -0.05) is 22.8 Å². The van der Waals surface area contributed by atoms with E-state index in [0.717, 1.165) is 5.56 Å². The maximum atomic E-state index is 13.1. The first kappa shape index (κ1) is 18.9. The summed E-state index contributed by atoms with van der Waals surface area (Å²) in [6, 6.07) is 4.42. The molecule has 0 spiro atoms. The van der Waals surface area contributed by atoms with Gasteiger partial charge in [-0.3, -0.25) is 4.79 Å². The van der Waals surface area contributed by atoms with Gasteiger partial charge in [-0.2, -0.15) is 4.31 Å². The average Bonchev–Trinajstić information content (AvgIpc) is 3.19. The first-order valence-corrected chi connectivity index (χ1v) is 10.1. The molecule has 9 heteroatoms. The molecule has 1 amide bonds. The molecule has 0 radical (unpaired) electrons. The number of carbonyl (C=O) groups is 1. The summed E-state index contributed by atoms with van der Waals surface area (Å²) in [4.78, 5) is 12.8. The van der Waals surface area contributed by atoms with Crippen LogP contribution in [0.1, 0.15) is 29.9 Å². The standard InChI is InChI=1S/C17H20ClN3O4S/c1-10-13(18)6-4-7-14(10)19-17(22)15-8-5-9-21(15)26(23,24)16-11(2)20-25-12(16)3/h4,6-7,15H,5,8-9H2,1-3H3,(H,19,22). The summed E-state index contributed by atoms with van der Waals surface area (Å²) < 4.78 is 32.3. The highest BCUT2D eigenvalue weighted by atomic mass is 35.5. The number of halogens is 1. The Balaban J connectivity index is 1.88. The Labute approximate surface area is 157 Å². The van der Waals surface area contributed by atoms with E-state index in [1.165, 1.54) is 4.31 Å². The van der Waals surface area contributed by atoms with Gasteiger partial charge in [0.15, 0.2) is 5.76 Å². The molecule has 2 heterocycles. The minimum atomic E-state index is -3.87. The van der Waals surface area contributed by atoms with Crippen molar-refractivity contribution in [2.75, 3.05) is 11.9 Å². The zero-order valence-corrected chi connectivity index (χ0v) is 16.3. The van der Waals surface area contributed by atoms with Gasteiger partial charge in [0.05, 0.1) is 0 Å². The first-order valence-electron chi connectivity index (χ1n) is 8.24. The van der Waals surface area contributed by atoms with E-state index in [1.807, 2.05) is 0 Å². The fourth-order valence-corrected chi connectivity index (χ4v) is 5.33. The molecule has 3 rings (SSSR count). The molecule has 1 aromatic carbocycles. The van der Waals surface area contributed by atoms with Crippen LogP contribution in [-0.2, 0) is 14.8 Å². The van der Waals surface area contributed by atoms with E-state index < -0.39 is 16.1 Å². The lowest BCUT2D eigenvalue weighted by Crippen LogP contribution is -2.43. The van der Waals surface area contributed by atoms with Crippen LogP contribution in [0.3, 0.4) is 0 Å². The number of benzene rings is 1. The number of hydrogen-bond acceptors (Lipinski definition) is 5. The summed E-state index contributed by atoms with van der Waals surface area (Å²) in [5, 5.41) is 7.05. The maximum Gasteiger partial charge on any atom is 0.249 e. The highest BCUT2D eigenvalue weighted by Crippen LogP contribution is 2.31. The zero-order chi connectivity index (χ0) is 19.1. The second-order valence-electron chi connectivity index (χ2n) is 6.33. The molecule has 1 N–H and O–H groups in total. The van der Waals surface area contributed by atoms with Crippen molar-refractivity contribution < 1.29 is 17.7 Å². The van der Waals surface area contributed by atoms with Gasteiger partial charge in [0.2, 0.25) is 15.9 Å². The molecule has 2 aromatic rings. The minimum Gasteiger partial charge on any atom is -0.360 e. The summed E-state index contributed by atoms with van der Waals surface area (Å²) in [5.74, 6) is -0.151. The molecule has 1 aliphatic rings. The van der Waals surface area contributed by atoms with Crippen LogP contribution in [0.4, 0.5) is 5.69 Å². The van der Waals surface area contributed by atoms with Crippen LogP contribution in [0.15, 0.2) is 27.6 Å². The predicted octanol–water partition coefficient (Wildman–Crippen LogP) is 3.05. The number of rotatable bonds is 4. The van der Waals surface area contributed by atoms with E-state index in [9.17, 15) is 13.2 Å². The van der Waals surface area contributed by atoms with Crippen LogP contribution in [-0.4, -0.2) is 36.4 Å².